The maximum atomic E-state index is 12.4. The monoisotopic (exact) mass is 366 g/mol. The summed E-state index contributed by atoms with van der Waals surface area (Å²) in [5, 5.41) is 5.81. The van der Waals surface area contributed by atoms with Gasteiger partial charge in [0.25, 0.3) is 11.8 Å². The Labute approximate surface area is 157 Å². The fourth-order valence-electron chi connectivity index (χ4n) is 3.38. The van der Waals surface area contributed by atoms with Gasteiger partial charge in [0.2, 0.25) is 0 Å². The van der Waals surface area contributed by atoms with Gasteiger partial charge in [-0.1, -0.05) is 12.1 Å². The molecule has 1 saturated heterocycles. The van der Waals surface area contributed by atoms with E-state index in [4.69, 9.17) is 9.47 Å². The molecule has 6 nitrogen and oxygen atoms in total. The van der Waals surface area contributed by atoms with E-state index >= 15 is 0 Å². The number of benzene rings is 2. The van der Waals surface area contributed by atoms with Gasteiger partial charge in [-0.25, -0.2) is 0 Å². The highest BCUT2D eigenvalue weighted by Gasteiger charge is 2.23. The third-order valence-electron chi connectivity index (χ3n) is 4.82. The minimum atomic E-state index is -0.364. The SMILES string of the molecule is O=C(NCc1cccc(NC(=O)C2CCCO2)c1)c1ccc2c(c1)CCO2. The van der Waals surface area contributed by atoms with Crippen LogP contribution < -0.4 is 15.4 Å². The van der Waals surface area contributed by atoms with Crippen LogP contribution in [0.2, 0.25) is 0 Å². The molecule has 1 atom stereocenters. The van der Waals surface area contributed by atoms with Crippen molar-refractivity contribution >= 4 is 17.5 Å². The molecule has 6 heteroatoms. The highest BCUT2D eigenvalue weighted by atomic mass is 16.5. The Morgan fingerprint density at radius 1 is 1.11 bits per heavy atom. The van der Waals surface area contributed by atoms with E-state index in [2.05, 4.69) is 10.6 Å². The summed E-state index contributed by atoms with van der Waals surface area (Å²) in [6.07, 6.45) is 2.15. The zero-order valence-electron chi connectivity index (χ0n) is 15.0. The molecule has 0 radical (unpaired) electrons. The molecule has 2 heterocycles. The van der Waals surface area contributed by atoms with Crippen molar-refractivity contribution in [3.05, 3.63) is 59.2 Å². The molecule has 2 amide bonds. The lowest BCUT2D eigenvalue weighted by atomic mass is 10.1. The Kier molecular flexibility index (Phi) is 5.07. The fourth-order valence-corrected chi connectivity index (χ4v) is 3.38. The van der Waals surface area contributed by atoms with E-state index in [0.29, 0.717) is 31.0 Å². The van der Waals surface area contributed by atoms with Crippen LogP contribution >= 0.6 is 0 Å². The number of hydrogen-bond acceptors (Lipinski definition) is 4. The van der Waals surface area contributed by atoms with E-state index in [1.807, 2.05) is 36.4 Å². The summed E-state index contributed by atoms with van der Waals surface area (Å²) in [6.45, 7) is 1.69. The van der Waals surface area contributed by atoms with Gasteiger partial charge in [-0.2, -0.15) is 0 Å². The molecule has 0 bridgehead atoms. The summed E-state index contributed by atoms with van der Waals surface area (Å²) in [5.74, 6) is 0.619. The zero-order chi connectivity index (χ0) is 18.6. The topological polar surface area (TPSA) is 76.7 Å². The van der Waals surface area contributed by atoms with E-state index in [-0.39, 0.29) is 17.9 Å². The maximum Gasteiger partial charge on any atom is 0.253 e. The molecule has 0 spiro atoms. The Hall–Kier alpha value is -2.86. The number of rotatable bonds is 5. The maximum absolute atomic E-state index is 12.4. The first kappa shape index (κ1) is 17.5. The zero-order valence-corrected chi connectivity index (χ0v) is 15.0. The number of fused-ring (bicyclic) bond motifs is 1. The third-order valence-corrected chi connectivity index (χ3v) is 4.82. The average Bonchev–Trinajstić information content (AvgIpc) is 3.37. The number of anilines is 1. The smallest absolute Gasteiger partial charge is 0.253 e. The van der Waals surface area contributed by atoms with Gasteiger partial charge >= 0.3 is 0 Å². The lowest BCUT2D eigenvalue weighted by Gasteiger charge is -2.12. The van der Waals surface area contributed by atoms with E-state index in [9.17, 15) is 9.59 Å². The number of nitrogens with one attached hydrogen (secondary N) is 2. The van der Waals surface area contributed by atoms with Gasteiger partial charge in [0.1, 0.15) is 11.9 Å². The van der Waals surface area contributed by atoms with Crippen molar-refractivity contribution in [2.45, 2.75) is 31.9 Å². The number of carbonyl (C=O) groups is 2. The molecule has 1 unspecified atom stereocenters. The normalized spacial score (nSPS) is 17.9. The Balaban J connectivity index is 1.35. The van der Waals surface area contributed by atoms with E-state index in [1.54, 1.807) is 6.07 Å². The molecule has 0 saturated carbocycles. The number of carbonyl (C=O) groups excluding carboxylic acids is 2. The number of amides is 2. The van der Waals surface area contributed by atoms with Gasteiger partial charge in [-0.3, -0.25) is 9.59 Å². The lowest BCUT2D eigenvalue weighted by Crippen LogP contribution is -2.27. The third kappa shape index (κ3) is 4.11. The van der Waals surface area contributed by atoms with Crippen molar-refractivity contribution in [3.63, 3.8) is 0 Å². The quantitative estimate of drug-likeness (QED) is 0.853. The van der Waals surface area contributed by atoms with Gasteiger partial charge < -0.3 is 20.1 Å². The Morgan fingerprint density at radius 3 is 2.89 bits per heavy atom. The van der Waals surface area contributed by atoms with Crippen molar-refractivity contribution in [1.29, 1.82) is 0 Å². The first-order valence-corrected chi connectivity index (χ1v) is 9.24. The minimum absolute atomic E-state index is 0.117. The van der Waals surface area contributed by atoms with Crippen LogP contribution in [0.5, 0.6) is 5.75 Å². The van der Waals surface area contributed by atoms with E-state index in [1.165, 1.54) is 0 Å². The van der Waals surface area contributed by atoms with Crippen LogP contribution in [0.15, 0.2) is 42.5 Å². The van der Waals surface area contributed by atoms with Crippen molar-refractivity contribution in [3.8, 4) is 5.75 Å². The summed E-state index contributed by atoms with van der Waals surface area (Å²) < 4.78 is 10.9. The Bertz CT molecular complexity index is 859. The van der Waals surface area contributed by atoms with Gasteiger partial charge in [-0.05, 0) is 54.3 Å². The van der Waals surface area contributed by atoms with E-state index < -0.39 is 0 Å². The van der Waals surface area contributed by atoms with E-state index in [0.717, 1.165) is 36.1 Å². The molecule has 2 aliphatic rings. The predicted octanol–water partition coefficient (Wildman–Crippen LogP) is 2.67. The lowest BCUT2D eigenvalue weighted by molar-refractivity contribution is -0.124. The van der Waals surface area contributed by atoms with Crippen LogP contribution in [0.25, 0.3) is 0 Å². The molecular formula is C21H22N2O4. The van der Waals surface area contributed by atoms with Crippen LogP contribution in [0.4, 0.5) is 5.69 Å². The molecule has 2 aromatic carbocycles. The minimum Gasteiger partial charge on any atom is -0.493 e. The van der Waals surface area contributed by atoms with Crippen LogP contribution in [0.3, 0.4) is 0 Å². The van der Waals surface area contributed by atoms with Crippen molar-refractivity contribution < 1.29 is 19.1 Å². The second-order valence-electron chi connectivity index (χ2n) is 6.79. The molecule has 0 aliphatic carbocycles. The first-order chi connectivity index (χ1) is 13.2. The number of hydrogen-bond donors (Lipinski definition) is 2. The fraction of sp³-hybridized carbons (Fsp3) is 0.333. The van der Waals surface area contributed by atoms with Crippen molar-refractivity contribution in [2.75, 3.05) is 18.5 Å². The van der Waals surface area contributed by atoms with Gasteiger partial charge in [0, 0.05) is 30.8 Å². The summed E-state index contributed by atoms with van der Waals surface area (Å²) >= 11 is 0. The standard InChI is InChI=1S/C21H22N2O4/c24-20(16-6-7-18-15(12-16)8-10-27-18)22-13-14-3-1-4-17(11-14)23-21(25)19-5-2-9-26-19/h1,3-4,6-7,11-12,19H,2,5,8-10,13H2,(H,22,24)(H,23,25). The molecule has 2 aliphatic heterocycles. The Morgan fingerprint density at radius 2 is 2.04 bits per heavy atom. The predicted molar refractivity (Wildman–Crippen MR) is 101 cm³/mol. The van der Waals surface area contributed by atoms with Crippen molar-refractivity contribution in [2.24, 2.45) is 0 Å². The second-order valence-corrected chi connectivity index (χ2v) is 6.79. The first-order valence-electron chi connectivity index (χ1n) is 9.24. The summed E-state index contributed by atoms with van der Waals surface area (Å²) in [4.78, 5) is 24.6. The highest BCUT2D eigenvalue weighted by molar-refractivity contribution is 5.95. The summed E-state index contributed by atoms with van der Waals surface area (Å²) in [7, 11) is 0. The molecule has 4 rings (SSSR count). The van der Waals surface area contributed by atoms with Gasteiger partial charge in [0.05, 0.1) is 6.61 Å². The van der Waals surface area contributed by atoms with Crippen LogP contribution in [-0.4, -0.2) is 31.1 Å². The summed E-state index contributed by atoms with van der Waals surface area (Å²) in [5.41, 5.74) is 3.32. The van der Waals surface area contributed by atoms with Crippen molar-refractivity contribution in [1.82, 2.24) is 5.32 Å². The molecule has 140 valence electrons. The summed E-state index contributed by atoms with van der Waals surface area (Å²) in [6, 6.07) is 13.0. The van der Waals surface area contributed by atoms with Crippen LogP contribution in [-0.2, 0) is 22.5 Å². The molecule has 0 aromatic heterocycles. The highest BCUT2D eigenvalue weighted by Crippen LogP contribution is 2.25. The van der Waals surface area contributed by atoms with Crippen LogP contribution in [0.1, 0.15) is 34.3 Å². The van der Waals surface area contributed by atoms with Gasteiger partial charge in [-0.15, -0.1) is 0 Å². The molecule has 27 heavy (non-hydrogen) atoms. The largest absolute Gasteiger partial charge is 0.493 e. The second kappa shape index (κ2) is 7.80. The number of ether oxygens (including phenoxy) is 2. The van der Waals surface area contributed by atoms with Crippen LogP contribution in [0, 0.1) is 0 Å². The molecule has 2 aromatic rings. The molecular weight excluding hydrogens is 344 g/mol. The molecule has 1 fully saturated rings. The average molecular weight is 366 g/mol. The van der Waals surface area contributed by atoms with Gasteiger partial charge in [0.15, 0.2) is 0 Å². The molecule has 2 N–H and O–H groups in total.